The van der Waals surface area contributed by atoms with Crippen LogP contribution < -0.4 is 5.32 Å². The predicted molar refractivity (Wildman–Crippen MR) is 60.8 cm³/mol. The molecule has 0 aliphatic rings. The highest BCUT2D eigenvalue weighted by Gasteiger charge is 2.17. The van der Waals surface area contributed by atoms with E-state index in [2.05, 4.69) is 10.3 Å². The van der Waals surface area contributed by atoms with Gasteiger partial charge < -0.3 is 15.3 Å². The molecule has 0 unspecified atom stereocenters. The van der Waals surface area contributed by atoms with Gasteiger partial charge in [0.05, 0.1) is 18.8 Å². The lowest BCUT2D eigenvalue weighted by Gasteiger charge is -2.14. The minimum Gasteiger partial charge on any atom is -0.395 e. The summed E-state index contributed by atoms with van der Waals surface area (Å²) < 4.78 is 0. The Labute approximate surface area is 99.3 Å². The molecule has 2 amide bonds. The van der Waals surface area contributed by atoms with E-state index < -0.39 is 11.8 Å². The summed E-state index contributed by atoms with van der Waals surface area (Å²) in [6, 6.07) is 5.32. The number of hydrogen-bond donors (Lipinski definition) is 2. The molecule has 1 aromatic heterocycles. The van der Waals surface area contributed by atoms with E-state index >= 15 is 0 Å². The van der Waals surface area contributed by atoms with Gasteiger partial charge in [0.1, 0.15) is 0 Å². The molecular weight excluding hydrogens is 222 g/mol. The van der Waals surface area contributed by atoms with Crippen LogP contribution in [-0.2, 0) is 16.1 Å². The number of nitrogens with zero attached hydrogens (tertiary/aromatic N) is 2. The van der Waals surface area contributed by atoms with Crippen molar-refractivity contribution < 1.29 is 14.7 Å². The van der Waals surface area contributed by atoms with Crippen LogP contribution in [0.25, 0.3) is 0 Å². The Bertz CT molecular complexity index is 381. The van der Waals surface area contributed by atoms with Crippen molar-refractivity contribution in [1.82, 2.24) is 15.2 Å². The van der Waals surface area contributed by atoms with Crippen molar-refractivity contribution in [2.75, 3.05) is 20.2 Å². The lowest BCUT2D eigenvalue weighted by Crippen LogP contribution is -2.41. The van der Waals surface area contributed by atoms with Crippen molar-refractivity contribution in [2.45, 2.75) is 6.54 Å². The zero-order valence-electron chi connectivity index (χ0n) is 9.59. The van der Waals surface area contributed by atoms with Gasteiger partial charge in [-0.2, -0.15) is 0 Å². The fourth-order valence-corrected chi connectivity index (χ4v) is 1.17. The van der Waals surface area contributed by atoms with Gasteiger partial charge in [0, 0.05) is 19.8 Å². The summed E-state index contributed by atoms with van der Waals surface area (Å²) >= 11 is 0. The second-order valence-electron chi connectivity index (χ2n) is 3.45. The molecule has 6 nitrogen and oxygen atoms in total. The summed E-state index contributed by atoms with van der Waals surface area (Å²) in [6.45, 7) is 0.171. The summed E-state index contributed by atoms with van der Waals surface area (Å²) in [6.07, 6.45) is 1.61. The number of rotatable bonds is 4. The Morgan fingerprint density at radius 3 is 2.82 bits per heavy atom. The number of aliphatic hydroxyl groups is 1. The van der Waals surface area contributed by atoms with E-state index in [1.165, 1.54) is 7.05 Å². The van der Waals surface area contributed by atoms with Crippen molar-refractivity contribution in [3.05, 3.63) is 30.1 Å². The molecule has 6 heteroatoms. The molecule has 2 N–H and O–H groups in total. The van der Waals surface area contributed by atoms with Gasteiger partial charge in [-0.1, -0.05) is 6.07 Å². The lowest BCUT2D eigenvalue weighted by atomic mass is 10.3. The van der Waals surface area contributed by atoms with Crippen LogP contribution in [0.3, 0.4) is 0 Å². The number of pyridine rings is 1. The molecule has 0 aromatic carbocycles. The van der Waals surface area contributed by atoms with E-state index in [1.54, 1.807) is 24.4 Å². The van der Waals surface area contributed by atoms with Gasteiger partial charge in [0.25, 0.3) is 0 Å². The zero-order valence-corrected chi connectivity index (χ0v) is 9.59. The molecule has 0 fully saturated rings. The van der Waals surface area contributed by atoms with Crippen molar-refractivity contribution in [3.8, 4) is 0 Å². The van der Waals surface area contributed by atoms with Crippen LogP contribution in [0.2, 0.25) is 0 Å². The monoisotopic (exact) mass is 237 g/mol. The van der Waals surface area contributed by atoms with Gasteiger partial charge in [0.2, 0.25) is 0 Å². The molecule has 1 heterocycles. The normalized spacial score (nSPS) is 9.76. The largest absolute Gasteiger partial charge is 0.395 e. The zero-order chi connectivity index (χ0) is 12.7. The van der Waals surface area contributed by atoms with Crippen LogP contribution in [0.1, 0.15) is 5.69 Å². The second-order valence-corrected chi connectivity index (χ2v) is 3.45. The second kappa shape index (κ2) is 6.59. The highest BCUT2D eigenvalue weighted by molar-refractivity contribution is 6.34. The topological polar surface area (TPSA) is 82.5 Å². The molecule has 92 valence electrons. The van der Waals surface area contributed by atoms with Gasteiger partial charge in [-0.25, -0.2) is 0 Å². The number of hydrogen-bond acceptors (Lipinski definition) is 4. The Morgan fingerprint density at radius 2 is 2.24 bits per heavy atom. The molecule has 0 spiro atoms. The minimum atomic E-state index is -0.702. The molecule has 0 atom stereocenters. The van der Waals surface area contributed by atoms with Crippen LogP contribution in [0.15, 0.2) is 24.4 Å². The predicted octanol–water partition coefficient (Wildman–Crippen LogP) is -0.851. The van der Waals surface area contributed by atoms with Crippen molar-refractivity contribution >= 4 is 11.8 Å². The van der Waals surface area contributed by atoms with Crippen LogP contribution in [-0.4, -0.2) is 47.0 Å². The molecule has 1 aromatic rings. The summed E-state index contributed by atoms with van der Waals surface area (Å²) in [5.41, 5.74) is 0.679. The summed E-state index contributed by atoms with van der Waals surface area (Å²) in [4.78, 5) is 28.0. The van der Waals surface area contributed by atoms with E-state index in [0.717, 1.165) is 4.90 Å². The standard InChI is InChI=1S/C11H15N3O3/c1-14(6-7-15)11(17)10(16)13-8-9-4-2-3-5-12-9/h2-5,15H,6-8H2,1H3,(H,13,16). The molecule has 0 aliphatic heterocycles. The fraction of sp³-hybridized carbons (Fsp3) is 0.364. The molecule has 17 heavy (non-hydrogen) atoms. The average molecular weight is 237 g/mol. The van der Waals surface area contributed by atoms with Gasteiger partial charge >= 0.3 is 11.8 Å². The summed E-state index contributed by atoms with van der Waals surface area (Å²) in [7, 11) is 1.46. The lowest BCUT2D eigenvalue weighted by molar-refractivity contribution is -0.145. The SMILES string of the molecule is CN(CCO)C(=O)C(=O)NCc1ccccn1. The third kappa shape index (κ3) is 4.20. The van der Waals surface area contributed by atoms with Crippen LogP contribution in [0.4, 0.5) is 0 Å². The number of aromatic nitrogens is 1. The van der Waals surface area contributed by atoms with Crippen molar-refractivity contribution in [3.63, 3.8) is 0 Å². The molecule has 0 saturated carbocycles. The van der Waals surface area contributed by atoms with Crippen LogP contribution in [0, 0.1) is 0 Å². The fourth-order valence-electron chi connectivity index (χ4n) is 1.17. The third-order valence-corrected chi connectivity index (χ3v) is 2.13. The molecular formula is C11H15N3O3. The number of carbonyl (C=O) groups excluding carboxylic acids is 2. The summed E-state index contributed by atoms with van der Waals surface area (Å²) in [5.74, 6) is -1.37. The quantitative estimate of drug-likeness (QED) is 0.668. The maximum absolute atomic E-state index is 11.4. The third-order valence-electron chi connectivity index (χ3n) is 2.13. The van der Waals surface area contributed by atoms with Gasteiger partial charge in [-0.15, -0.1) is 0 Å². The Hall–Kier alpha value is -1.95. The van der Waals surface area contributed by atoms with Gasteiger partial charge in [0.15, 0.2) is 0 Å². The maximum atomic E-state index is 11.4. The maximum Gasteiger partial charge on any atom is 0.311 e. The average Bonchev–Trinajstić information content (AvgIpc) is 2.36. The number of nitrogens with one attached hydrogen (secondary N) is 1. The number of aliphatic hydroxyl groups excluding tert-OH is 1. The Morgan fingerprint density at radius 1 is 1.47 bits per heavy atom. The first-order valence-corrected chi connectivity index (χ1v) is 5.19. The van der Waals surface area contributed by atoms with Crippen LogP contribution >= 0.6 is 0 Å². The Kier molecular flexibility index (Phi) is 5.09. The van der Waals surface area contributed by atoms with E-state index in [4.69, 9.17) is 5.11 Å². The number of amides is 2. The first kappa shape index (κ1) is 13.1. The molecule has 0 aliphatic carbocycles. The molecule has 0 radical (unpaired) electrons. The van der Waals surface area contributed by atoms with Crippen molar-refractivity contribution in [1.29, 1.82) is 0 Å². The van der Waals surface area contributed by atoms with Crippen LogP contribution in [0.5, 0.6) is 0 Å². The first-order chi connectivity index (χ1) is 8.15. The van der Waals surface area contributed by atoms with E-state index in [1.807, 2.05) is 0 Å². The minimum absolute atomic E-state index is 0.135. The summed E-state index contributed by atoms with van der Waals surface area (Å²) in [5, 5.41) is 11.1. The number of likely N-dealkylation sites (N-methyl/N-ethyl adjacent to an activating group) is 1. The van der Waals surface area contributed by atoms with Gasteiger partial charge in [-0.3, -0.25) is 14.6 Å². The van der Waals surface area contributed by atoms with Crippen molar-refractivity contribution in [2.24, 2.45) is 0 Å². The molecule has 0 saturated heterocycles. The van der Waals surface area contributed by atoms with E-state index in [9.17, 15) is 9.59 Å². The van der Waals surface area contributed by atoms with E-state index in [-0.39, 0.29) is 19.7 Å². The van der Waals surface area contributed by atoms with Gasteiger partial charge in [-0.05, 0) is 12.1 Å². The number of carbonyl (C=O) groups is 2. The highest BCUT2D eigenvalue weighted by Crippen LogP contribution is 1.92. The first-order valence-electron chi connectivity index (χ1n) is 5.19. The highest BCUT2D eigenvalue weighted by atomic mass is 16.3. The Balaban J connectivity index is 2.42. The molecule has 0 bridgehead atoms. The smallest absolute Gasteiger partial charge is 0.311 e. The van der Waals surface area contributed by atoms with E-state index in [0.29, 0.717) is 5.69 Å². The molecule has 1 rings (SSSR count).